The Morgan fingerprint density at radius 1 is 0.382 bits per heavy atom. The number of hydrogen-bond acceptors (Lipinski definition) is 6. The normalized spacial score (nSPS) is 13.0. The Bertz CT molecular complexity index is 1150. The summed E-state index contributed by atoms with van der Waals surface area (Å²) in [5.74, 6) is -1.00. The predicted molar refractivity (Wildman–Crippen MR) is 233 cm³/mol. The molecule has 0 aromatic rings. The van der Waals surface area contributed by atoms with Gasteiger partial charge in [-0.1, -0.05) is 176 Å². The van der Waals surface area contributed by atoms with E-state index in [9.17, 15) is 14.4 Å². The van der Waals surface area contributed by atoms with Crippen LogP contribution in [-0.4, -0.2) is 37.2 Å². The van der Waals surface area contributed by atoms with Crippen molar-refractivity contribution in [2.24, 2.45) is 0 Å². The molecule has 0 fully saturated rings. The molecule has 0 N–H and O–H groups in total. The number of allylic oxidation sites excluding steroid dienone is 16. The van der Waals surface area contributed by atoms with Crippen LogP contribution in [0.2, 0.25) is 0 Å². The highest BCUT2D eigenvalue weighted by Gasteiger charge is 2.19. The summed E-state index contributed by atoms with van der Waals surface area (Å²) in [5.41, 5.74) is 0. The van der Waals surface area contributed by atoms with E-state index in [0.717, 1.165) is 96.3 Å². The molecule has 0 aromatic heterocycles. The van der Waals surface area contributed by atoms with Crippen LogP contribution in [0.15, 0.2) is 97.2 Å². The minimum Gasteiger partial charge on any atom is -0.462 e. The fraction of sp³-hybridized carbons (Fsp3) is 0.612. The van der Waals surface area contributed by atoms with Crippen LogP contribution in [0, 0.1) is 0 Å². The second-order valence-corrected chi connectivity index (χ2v) is 14.0. The van der Waals surface area contributed by atoms with E-state index in [1.54, 1.807) is 0 Å². The Hall–Kier alpha value is -3.67. The first-order chi connectivity index (χ1) is 27.0. The lowest BCUT2D eigenvalue weighted by Gasteiger charge is -2.18. The second kappa shape index (κ2) is 43.1. The fourth-order valence-electron chi connectivity index (χ4n) is 5.36. The molecule has 0 saturated carbocycles. The number of carbonyl (C=O) groups is 3. The maximum atomic E-state index is 12.7. The number of carbonyl (C=O) groups excluding carboxylic acids is 3. The van der Waals surface area contributed by atoms with Gasteiger partial charge in [-0.2, -0.15) is 0 Å². The number of unbranched alkanes of at least 4 members (excludes halogenated alkanes) is 15. The van der Waals surface area contributed by atoms with E-state index in [-0.39, 0.29) is 37.5 Å². The van der Waals surface area contributed by atoms with Gasteiger partial charge in [-0.3, -0.25) is 14.4 Å². The molecule has 0 aliphatic rings. The Morgan fingerprint density at radius 3 is 1.22 bits per heavy atom. The summed E-state index contributed by atoms with van der Waals surface area (Å²) in [4.78, 5) is 37.6. The third-order valence-corrected chi connectivity index (χ3v) is 8.70. The molecule has 0 aliphatic carbocycles. The molecular formula is C49H78O6. The van der Waals surface area contributed by atoms with Crippen molar-refractivity contribution >= 4 is 17.9 Å². The molecule has 0 aromatic carbocycles. The van der Waals surface area contributed by atoms with Crippen LogP contribution in [0.25, 0.3) is 0 Å². The molecule has 0 saturated heterocycles. The summed E-state index contributed by atoms with van der Waals surface area (Å²) in [7, 11) is 0. The van der Waals surface area contributed by atoms with E-state index >= 15 is 0 Å². The second-order valence-electron chi connectivity index (χ2n) is 14.0. The molecular weight excluding hydrogens is 685 g/mol. The van der Waals surface area contributed by atoms with Crippen molar-refractivity contribution < 1.29 is 28.6 Å². The minimum atomic E-state index is -0.810. The Balaban J connectivity index is 4.53. The molecule has 0 radical (unpaired) electrons. The van der Waals surface area contributed by atoms with Crippen molar-refractivity contribution in [1.82, 2.24) is 0 Å². The van der Waals surface area contributed by atoms with E-state index in [0.29, 0.717) is 12.8 Å². The third kappa shape index (κ3) is 41.3. The lowest BCUT2D eigenvalue weighted by molar-refractivity contribution is -0.167. The van der Waals surface area contributed by atoms with Gasteiger partial charge in [-0.05, 0) is 77.0 Å². The van der Waals surface area contributed by atoms with Crippen molar-refractivity contribution in [2.45, 2.75) is 181 Å². The first-order valence-corrected chi connectivity index (χ1v) is 21.8. The van der Waals surface area contributed by atoms with Crippen LogP contribution in [0.1, 0.15) is 175 Å². The maximum absolute atomic E-state index is 12.7. The molecule has 0 amide bonds. The highest BCUT2D eigenvalue weighted by Crippen LogP contribution is 2.11. The highest BCUT2D eigenvalue weighted by atomic mass is 16.6. The van der Waals surface area contributed by atoms with Gasteiger partial charge in [0.05, 0.1) is 0 Å². The Labute approximate surface area is 337 Å². The van der Waals surface area contributed by atoms with Crippen molar-refractivity contribution in [3.8, 4) is 0 Å². The highest BCUT2D eigenvalue weighted by molar-refractivity contribution is 5.71. The molecule has 0 bridgehead atoms. The van der Waals surface area contributed by atoms with Crippen LogP contribution in [0.5, 0.6) is 0 Å². The Morgan fingerprint density at radius 2 is 0.727 bits per heavy atom. The molecule has 0 rings (SSSR count). The van der Waals surface area contributed by atoms with Gasteiger partial charge < -0.3 is 14.2 Å². The van der Waals surface area contributed by atoms with Gasteiger partial charge in [-0.15, -0.1) is 0 Å². The van der Waals surface area contributed by atoms with E-state index in [4.69, 9.17) is 14.2 Å². The van der Waals surface area contributed by atoms with Crippen molar-refractivity contribution in [2.75, 3.05) is 13.2 Å². The summed E-state index contributed by atoms with van der Waals surface area (Å²) < 4.78 is 16.6. The van der Waals surface area contributed by atoms with E-state index in [2.05, 4.69) is 69.4 Å². The molecule has 1 unspecified atom stereocenters. The zero-order chi connectivity index (χ0) is 40.1. The van der Waals surface area contributed by atoms with Gasteiger partial charge in [0.1, 0.15) is 13.2 Å². The van der Waals surface area contributed by atoms with Gasteiger partial charge >= 0.3 is 17.9 Å². The molecule has 55 heavy (non-hydrogen) atoms. The van der Waals surface area contributed by atoms with E-state index in [1.165, 1.54) is 38.5 Å². The standard InChI is InChI=1S/C49H78O6/c1-4-7-10-13-16-19-22-23-24-25-28-30-33-36-39-42-48(51)54-45-46(55-49(52)43-40-37-34-31-27-21-18-15-12-9-6-3)44-53-47(50)41-38-35-32-29-26-20-17-14-11-8-5-2/h7,10,13-19,21-25,27-28,46H,4-6,8-9,11-12,20,26,29-45H2,1-3H3/b10-7-,16-13-,17-14-,18-15-,22-19-,24-23-,27-21-,28-25-. The van der Waals surface area contributed by atoms with Crippen LogP contribution >= 0.6 is 0 Å². The largest absolute Gasteiger partial charge is 0.462 e. The average Bonchev–Trinajstić information content (AvgIpc) is 3.18. The Kier molecular flexibility index (Phi) is 40.2. The third-order valence-electron chi connectivity index (χ3n) is 8.70. The van der Waals surface area contributed by atoms with Crippen molar-refractivity contribution in [3.05, 3.63) is 97.2 Å². The van der Waals surface area contributed by atoms with Gasteiger partial charge in [-0.25, -0.2) is 0 Å². The lowest BCUT2D eigenvalue weighted by atomic mass is 10.1. The van der Waals surface area contributed by atoms with Crippen molar-refractivity contribution in [3.63, 3.8) is 0 Å². The number of rotatable bonds is 37. The lowest BCUT2D eigenvalue weighted by Crippen LogP contribution is -2.30. The maximum Gasteiger partial charge on any atom is 0.306 e. The topological polar surface area (TPSA) is 78.9 Å². The summed E-state index contributed by atoms with van der Waals surface area (Å²) in [6, 6.07) is 0. The quantitative estimate of drug-likeness (QED) is 0.0206. The number of hydrogen-bond donors (Lipinski definition) is 0. The first kappa shape index (κ1) is 51.3. The van der Waals surface area contributed by atoms with Crippen LogP contribution < -0.4 is 0 Å². The monoisotopic (exact) mass is 763 g/mol. The predicted octanol–water partition coefficient (Wildman–Crippen LogP) is 13.9. The molecule has 6 nitrogen and oxygen atoms in total. The smallest absolute Gasteiger partial charge is 0.306 e. The molecule has 0 spiro atoms. The average molecular weight is 763 g/mol. The van der Waals surface area contributed by atoms with Gasteiger partial charge in [0.25, 0.3) is 0 Å². The molecule has 0 aliphatic heterocycles. The SMILES string of the molecule is CC\C=C/C=C\C=C/C=C\C=C/CCCCCC(=O)OCC(COC(=O)CCCCCCC/C=C\CCCC)OC(=O)CCCCC/C=C\C=C/CCCC. The van der Waals surface area contributed by atoms with Crippen molar-refractivity contribution in [1.29, 1.82) is 0 Å². The van der Waals surface area contributed by atoms with Crippen LogP contribution in [-0.2, 0) is 28.6 Å². The van der Waals surface area contributed by atoms with Crippen LogP contribution in [0.4, 0.5) is 0 Å². The number of esters is 3. The summed E-state index contributed by atoms with van der Waals surface area (Å²) >= 11 is 0. The summed E-state index contributed by atoms with van der Waals surface area (Å²) in [6.45, 7) is 6.29. The number of ether oxygens (including phenoxy) is 3. The van der Waals surface area contributed by atoms with Crippen LogP contribution in [0.3, 0.4) is 0 Å². The minimum absolute atomic E-state index is 0.109. The molecule has 1 atom stereocenters. The zero-order valence-electron chi connectivity index (χ0n) is 35.1. The fourth-order valence-corrected chi connectivity index (χ4v) is 5.36. The molecule has 6 heteroatoms. The zero-order valence-corrected chi connectivity index (χ0v) is 35.1. The summed E-state index contributed by atoms with van der Waals surface area (Å²) in [6.07, 6.45) is 55.3. The van der Waals surface area contributed by atoms with E-state index in [1.807, 2.05) is 48.6 Å². The van der Waals surface area contributed by atoms with Gasteiger partial charge in [0.2, 0.25) is 0 Å². The molecule has 0 heterocycles. The van der Waals surface area contributed by atoms with E-state index < -0.39 is 6.10 Å². The van der Waals surface area contributed by atoms with Gasteiger partial charge in [0.15, 0.2) is 6.10 Å². The van der Waals surface area contributed by atoms with Gasteiger partial charge in [0, 0.05) is 19.3 Å². The summed E-state index contributed by atoms with van der Waals surface area (Å²) in [5, 5.41) is 0. The molecule has 310 valence electrons. The first-order valence-electron chi connectivity index (χ1n) is 21.8.